The first-order valence-corrected chi connectivity index (χ1v) is 8.79. The lowest BCUT2D eigenvalue weighted by molar-refractivity contribution is -0.135. The average molecular weight is 331 g/mol. The van der Waals surface area contributed by atoms with Gasteiger partial charge in [-0.15, -0.1) is 0 Å². The van der Waals surface area contributed by atoms with Crippen LogP contribution in [0.15, 0.2) is 30.3 Å². The summed E-state index contributed by atoms with van der Waals surface area (Å²) in [4.78, 5) is 26.4. The number of piperidine rings is 1. The van der Waals surface area contributed by atoms with Crippen molar-refractivity contribution < 1.29 is 9.59 Å². The van der Waals surface area contributed by atoms with Crippen molar-refractivity contribution in [1.29, 1.82) is 0 Å². The number of benzene rings is 1. The summed E-state index contributed by atoms with van der Waals surface area (Å²) in [6.07, 6.45) is 1.61. The van der Waals surface area contributed by atoms with Gasteiger partial charge in [0.15, 0.2) is 0 Å². The highest BCUT2D eigenvalue weighted by Gasteiger charge is 2.28. The van der Waals surface area contributed by atoms with Gasteiger partial charge in [-0.1, -0.05) is 51.1 Å². The molecule has 0 radical (unpaired) electrons. The Balaban J connectivity index is 1.84. The summed E-state index contributed by atoms with van der Waals surface area (Å²) in [5, 5.41) is 3.10. The van der Waals surface area contributed by atoms with Crippen LogP contribution < -0.4 is 11.1 Å². The van der Waals surface area contributed by atoms with Gasteiger partial charge in [-0.05, 0) is 18.4 Å². The molecule has 0 saturated carbocycles. The number of hydrogen-bond acceptors (Lipinski definition) is 3. The number of hydrogen-bond donors (Lipinski definition) is 2. The van der Waals surface area contributed by atoms with Crippen LogP contribution in [0.1, 0.15) is 45.2 Å². The first kappa shape index (κ1) is 18.5. The number of nitrogens with two attached hydrogens (primary N) is 1. The SMILES string of the molecule is CC(C)C(=O)N1CCC(NC(=O)C(C)C(N)c2ccccc2)CC1. The van der Waals surface area contributed by atoms with E-state index in [2.05, 4.69) is 5.32 Å². The molecule has 2 unspecified atom stereocenters. The number of carbonyl (C=O) groups is 2. The fourth-order valence-electron chi connectivity index (χ4n) is 3.07. The summed E-state index contributed by atoms with van der Waals surface area (Å²) in [6.45, 7) is 7.12. The van der Waals surface area contributed by atoms with Crippen LogP contribution in [0.5, 0.6) is 0 Å². The highest BCUT2D eigenvalue weighted by molar-refractivity contribution is 5.80. The van der Waals surface area contributed by atoms with E-state index in [9.17, 15) is 9.59 Å². The number of amides is 2. The number of likely N-dealkylation sites (tertiary alicyclic amines) is 1. The fourth-order valence-corrected chi connectivity index (χ4v) is 3.07. The van der Waals surface area contributed by atoms with Crippen molar-refractivity contribution in [2.24, 2.45) is 17.6 Å². The zero-order valence-corrected chi connectivity index (χ0v) is 14.9. The third kappa shape index (κ3) is 4.57. The molecule has 1 aliphatic heterocycles. The summed E-state index contributed by atoms with van der Waals surface area (Å²) in [5.41, 5.74) is 7.20. The normalized spacial score (nSPS) is 18.3. The van der Waals surface area contributed by atoms with Gasteiger partial charge in [-0.3, -0.25) is 9.59 Å². The van der Waals surface area contributed by atoms with Crippen molar-refractivity contribution >= 4 is 11.8 Å². The monoisotopic (exact) mass is 331 g/mol. The molecule has 1 aromatic carbocycles. The van der Waals surface area contributed by atoms with Gasteiger partial charge in [0.25, 0.3) is 0 Å². The van der Waals surface area contributed by atoms with Crippen molar-refractivity contribution in [3.8, 4) is 0 Å². The molecule has 0 spiro atoms. The molecule has 0 bridgehead atoms. The molecule has 0 aliphatic carbocycles. The van der Waals surface area contributed by atoms with Gasteiger partial charge in [-0.2, -0.15) is 0 Å². The van der Waals surface area contributed by atoms with Crippen LogP contribution in [-0.2, 0) is 9.59 Å². The predicted octanol–water partition coefficient (Wildman–Crippen LogP) is 2.09. The Labute approximate surface area is 144 Å². The number of rotatable bonds is 5. The molecule has 1 fully saturated rings. The van der Waals surface area contributed by atoms with E-state index in [0.717, 1.165) is 18.4 Å². The fraction of sp³-hybridized carbons (Fsp3) is 0.579. The molecule has 24 heavy (non-hydrogen) atoms. The van der Waals surface area contributed by atoms with E-state index in [0.29, 0.717) is 13.1 Å². The molecule has 5 nitrogen and oxygen atoms in total. The summed E-state index contributed by atoms with van der Waals surface area (Å²) >= 11 is 0. The van der Waals surface area contributed by atoms with Crippen LogP contribution >= 0.6 is 0 Å². The summed E-state index contributed by atoms with van der Waals surface area (Å²) in [6, 6.07) is 9.51. The Bertz CT molecular complexity index is 551. The Kier molecular flexibility index (Phi) is 6.37. The molecule has 0 aromatic heterocycles. The van der Waals surface area contributed by atoms with Gasteiger partial charge in [-0.25, -0.2) is 0 Å². The zero-order chi connectivity index (χ0) is 17.7. The molecule has 5 heteroatoms. The minimum Gasteiger partial charge on any atom is -0.353 e. The first-order valence-electron chi connectivity index (χ1n) is 8.79. The molecule has 2 atom stereocenters. The van der Waals surface area contributed by atoms with E-state index in [1.807, 2.05) is 56.0 Å². The second kappa shape index (κ2) is 8.29. The minimum absolute atomic E-state index is 0.0139. The second-order valence-corrected chi connectivity index (χ2v) is 6.99. The van der Waals surface area contributed by atoms with Crippen LogP contribution in [-0.4, -0.2) is 35.8 Å². The highest BCUT2D eigenvalue weighted by Crippen LogP contribution is 2.20. The zero-order valence-electron chi connectivity index (χ0n) is 14.9. The Morgan fingerprint density at radius 1 is 1.12 bits per heavy atom. The molecule has 3 N–H and O–H groups in total. The lowest BCUT2D eigenvalue weighted by Crippen LogP contribution is -2.49. The molecule has 2 amide bonds. The van der Waals surface area contributed by atoms with E-state index >= 15 is 0 Å². The van der Waals surface area contributed by atoms with Crippen LogP contribution in [0, 0.1) is 11.8 Å². The van der Waals surface area contributed by atoms with E-state index in [1.54, 1.807) is 0 Å². The standard InChI is InChI=1S/C19H29N3O2/c1-13(2)19(24)22-11-9-16(10-12-22)21-18(23)14(3)17(20)15-7-5-4-6-8-15/h4-8,13-14,16-17H,9-12,20H2,1-3H3,(H,21,23). The maximum atomic E-state index is 12.5. The largest absolute Gasteiger partial charge is 0.353 e. The molecule has 2 rings (SSSR count). The van der Waals surface area contributed by atoms with Crippen molar-refractivity contribution in [1.82, 2.24) is 10.2 Å². The third-order valence-electron chi connectivity index (χ3n) is 4.78. The van der Waals surface area contributed by atoms with Gasteiger partial charge in [0.05, 0.1) is 5.92 Å². The quantitative estimate of drug-likeness (QED) is 0.867. The van der Waals surface area contributed by atoms with Crippen molar-refractivity contribution in [3.63, 3.8) is 0 Å². The lowest BCUT2D eigenvalue weighted by atomic mass is 9.93. The van der Waals surface area contributed by atoms with E-state index < -0.39 is 0 Å². The number of nitrogens with zero attached hydrogens (tertiary/aromatic N) is 1. The summed E-state index contributed by atoms with van der Waals surface area (Å²) < 4.78 is 0. The van der Waals surface area contributed by atoms with Crippen LogP contribution in [0.2, 0.25) is 0 Å². The number of nitrogens with one attached hydrogen (secondary N) is 1. The summed E-state index contributed by atoms with van der Waals surface area (Å²) in [7, 11) is 0. The Morgan fingerprint density at radius 2 is 1.71 bits per heavy atom. The van der Waals surface area contributed by atoms with Crippen LogP contribution in [0.25, 0.3) is 0 Å². The number of carbonyl (C=O) groups excluding carboxylic acids is 2. The summed E-state index contributed by atoms with van der Waals surface area (Å²) in [5.74, 6) is -0.0815. The lowest BCUT2D eigenvalue weighted by Gasteiger charge is -2.34. The van der Waals surface area contributed by atoms with E-state index in [-0.39, 0.29) is 35.7 Å². The Morgan fingerprint density at radius 3 is 2.25 bits per heavy atom. The third-order valence-corrected chi connectivity index (χ3v) is 4.78. The van der Waals surface area contributed by atoms with Crippen LogP contribution in [0.3, 0.4) is 0 Å². The molecule has 1 heterocycles. The molecule has 132 valence electrons. The minimum atomic E-state index is -0.311. The smallest absolute Gasteiger partial charge is 0.225 e. The van der Waals surface area contributed by atoms with E-state index in [4.69, 9.17) is 5.73 Å². The second-order valence-electron chi connectivity index (χ2n) is 6.99. The molecule has 1 saturated heterocycles. The van der Waals surface area contributed by atoms with Gasteiger partial charge in [0.2, 0.25) is 11.8 Å². The van der Waals surface area contributed by atoms with Crippen molar-refractivity contribution in [2.75, 3.05) is 13.1 Å². The molecular weight excluding hydrogens is 302 g/mol. The highest BCUT2D eigenvalue weighted by atomic mass is 16.2. The first-order chi connectivity index (χ1) is 11.4. The van der Waals surface area contributed by atoms with Gasteiger partial charge in [0.1, 0.15) is 0 Å². The molecule has 1 aromatic rings. The molecule has 1 aliphatic rings. The average Bonchev–Trinajstić information content (AvgIpc) is 2.61. The maximum absolute atomic E-state index is 12.5. The topological polar surface area (TPSA) is 75.4 Å². The van der Waals surface area contributed by atoms with Gasteiger partial charge < -0.3 is 16.0 Å². The van der Waals surface area contributed by atoms with Crippen LogP contribution in [0.4, 0.5) is 0 Å². The van der Waals surface area contributed by atoms with Gasteiger partial charge >= 0.3 is 0 Å². The molecular formula is C19H29N3O2. The van der Waals surface area contributed by atoms with Crippen molar-refractivity contribution in [3.05, 3.63) is 35.9 Å². The van der Waals surface area contributed by atoms with Crippen molar-refractivity contribution in [2.45, 2.75) is 45.7 Å². The maximum Gasteiger partial charge on any atom is 0.225 e. The Hall–Kier alpha value is -1.88. The van der Waals surface area contributed by atoms with E-state index in [1.165, 1.54) is 0 Å². The van der Waals surface area contributed by atoms with Gasteiger partial charge in [0, 0.05) is 31.1 Å². The predicted molar refractivity (Wildman–Crippen MR) is 95.1 cm³/mol.